The van der Waals surface area contributed by atoms with Crippen LogP contribution in [0.15, 0.2) is 20.4 Å². The largest absolute Gasteiger partial charge is 0.475 e. The molecule has 0 spiro atoms. The number of hydrogen-bond donors (Lipinski definition) is 2. The Bertz CT molecular complexity index is 655. The second-order valence-corrected chi connectivity index (χ2v) is 4.78. The van der Waals surface area contributed by atoms with E-state index in [1.54, 1.807) is 6.92 Å². The van der Waals surface area contributed by atoms with Crippen LogP contribution in [0.4, 0.5) is 0 Å². The summed E-state index contributed by atoms with van der Waals surface area (Å²) in [7, 11) is 0. The van der Waals surface area contributed by atoms with E-state index in [2.05, 4.69) is 10.2 Å². The number of nitrogens with zero attached hydrogens (tertiary/aromatic N) is 2. The summed E-state index contributed by atoms with van der Waals surface area (Å²) in [6.45, 7) is 4.09. The molecule has 102 valence electrons. The predicted molar refractivity (Wildman–Crippen MR) is 68.5 cm³/mol. The summed E-state index contributed by atoms with van der Waals surface area (Å²) in [6.07, 6.45) is 0. The molecule has 0 atom stereocenters. The summed E-state index contributed by atoms with van der Waals surface area (Å²) in [6, 6.07) is 1.49. The Morgan fingerprint density at radius 2 is 2.37 bits per heavy atom. The van der Waals surface area contributed by atoms with Gasteiger partial charge in [-0.05, 0) is 19.9 Å². The van der Waals surface area contributed by atoms with Crippen LogP contribution in [-0.4, -0.2) is 25.8 Å². The van der Waals surface area contributed by atoms with Crippen LogP contribution < -0.4 is 5.69 Å². The summed E-state index contributed by atoms with van der Waals surface area (Å²) in [5, 5.41) is 15.7. The molecule has 0 aliphatic carbocycles. The molecule has 8 heteroatoms. The normalized spacial score (nSPS) is 10.8. The molecular weight excluding hydrogens is 270 g/mol. The first-order valence-electron chi connectivity index (χ1n) is 5.63. The number of hydrogen-bond acceptors (Lipinski definition) is 5. The van der Waals surface area contributed by atoms with Gasteiger partial charge >= 0.3 is 11.7 Å². The third-order valence-corrected chi connectivity index (χ3v) is 3.65. The summed E-state index contributed by atoms with van der Waals surface area (Å²) in [5.74, 6) is -0.120. The molecule has 0 amide bonds. The van der Waals surface area contributed by atoms with Crippen molar-refractivity contribution in [2.75, 3.05) is 0 Å². The zero-order valence-electron chi connectivity index (χ0n) is 10.5. The summed E-state index contributed by atoms with van der Waals surface area (Å²) in [4.78, 5) is 22.2. The van der Waals surface area contributed by atoms with E-state index in [0.29, 0.717) is 23.2 Å². The Kier molecular flexibility index (Phi) is 3.79. The minimum absolute atomic E-state index is 0.0805. The highest BCUT2D eigenvalue weighted by molar-refractivity contribution is 7.98. The molecule has 0 saturated carbocycles. The van der Waals surface area contributed by atoms with Crippen LogP contribution in [-0.2, 0) is 12.3 Å². The molecule has 2 N–H and O–H groups in total. The lowest BCUT2D eigenvalue weighted by Crippen LogP contribution is -2.16. The van der Waals surface area contributed by atoms with E-state index >= 15 is 0 Å². The summed E-state index contributed by atoms with van der Waals surface area (Å²) in [5.41, 5.74) is 0.528. The van der Waals surface area contributed by atoms with Crippen molar-refractivity contribution in [2.24, 2.45) is 0 Å². The quantitative estimate of drug-likeness (QED) is 0.806. The maximum Gasteiger partial charge on any atom is 0.371 e. The van der Waals surface area contributed by atoms with Crippen molar-refractivity contribution >= 4 is 17.7 Å². The van der Waals surface area contributed by atoms with Crippen molar-refractivity contribution in [3.05, 3.63) is 33.6 Å². The molecule has 2 aromatic heterocycles. The molecule has 2 rings (SSSR count). The van der Waals surface area contributed by atoms with Gasteiger partial charge in [0.2, 0.25) is 5.76 Å². The number of thioether (sulfide) groups is 1. The van der Waals surface area contributed by atoms with Crippen LogP contribution in [0, 0.1) is 6.92 Å². The van der Waals surface area contributed by atoms with Gasteiger partial charge in [-0.3, -0.25) is 4.57 Å². The number of carboxylic acids is 1. The second-order valence-electron chi connectivity index (χ2n) is 3.84. The van der Waals surface area contributed by atoms with E-state index in [1.807, 2.05) is 6.92 Å². The van der Waals surface area contributed by atoms with Crippen molar-refractivity contribution in [3.8, 4) is 0 Å². The van der Waals surface area contributed by atoms with Gasteiger partial charge in [-0.1, -0.05) is 11.8 Å². The minimum atomic E-state index is -1.09. The van der Waals surface area contributed by atoms with Crippen molar-refractivity contribution in [1.82, 2.24) is 14.8 Å². The number of H-pyrrole nitrogens is 1. The van der Waals surface area contributed by atoms with Gasteiger partial charge in [0.1, 0.15) is 5.76 Å². The van der Waals surface area contributed by atoms with Gasteiger partial charge in [0.15, 0.2) is 5.16 Å². The Hall–Kier alpha value is -1.96. The van der Waals surface area contributed by atoms with E-state index in [9.17, 15) is 9.59 Å². The lowest BCUT2D eigenvalue weighted by molar-refractivity contribution is 0.0661. The highest BCUT2D eigenvalue weighted by Crippen LogP contribution is 2.24. The smallest absolute Gasteiger partial charge is 0.371 e. The van der Waals surface area contributed by atoms with E-state index in [-0.39, 0.29) is 11.4 Å². The first kappa shape index (κ1) is 13.5. The number of rotatable bonds is 5. The van der Waals surface area contributed by atoms with Crippen LogP contribution in [0.2, 0.25) is 0 Å². The molecule has 19 heavy (non-hydrogen) atoms. The first-order valence-corrected chi connectivity index (χ1v) is 6.62. The number of aromatic nitrogens is 3. The van der Waals surface area contributed by atoms with E-state index < -0.39 is 5.97 Å². The van der Waals surface area contributed by atoms with Crippen LogP contribution in [0.25, 0.3) is 0 Å². The molecule has 0 aromatic carbocycles. The molecule has 0 fully saturated rings. The van der Waals surface area contributed by atoms with Gasteiger partial charge in [-0.25, -0.2) is 14.7 Å². The van der Waals surface area contributed by atoms with Crippen molar-refractivity contribution in [2.45, 2.75) is 31.3 Å². The number of carboxylic acid groups (broad SMARTS) is 1. The maximum atomic E-state index is 11.4. The molecule has 0 saturated heterocycles. The zero-order valence-corrected chi connectivity index (χ0v) is 11.3. The maximum absolute atomic E-state index is 11.4. The van der Waals surface area contributed by atoms with Crippen LogP contribution >= 0.6 is 11.8 Å². The fraction of sp³-hybridized carbons (Fsp3) is 0.364. The van der Waals surface area contributed by atoms with Gasteiger partial charge < -0.3 is 9.52 Å². The lowest BCUT2D eigenvalue weighted by Gasteiger charge is -2.00. The van der Waals surface area contributed by atoms with Gasteiger partial charge in [0.05, 0.1) is 0 Å². The van der Waals surface area contributed by atoms with E-state index in [0.717, 1.165) is 5.56 Å². The third kappa shape index (κ3) is 2.73. The topological polar surface area (TPSA) is 101 Å². The predicted octanol–water partition coefficient (Wildman–Crippen LogP) is 1.48. The Morgan fingerprint density at radius 1 is 1.63 bits per heavy atom. The van der Waals surface area contributed by atoms with Crippen LogP contribution in [0.1, 0.15) is 28.8 Å². The van der Waals surface area contributed by atoms with Crippen LogP contribution in [0.5, 0.6) is 0 Å². The Morgan fingerprint density at radius 3 is 2.95 bits per heavy atom. The first-order chi connectivity index (χ1) is 9.02. The van der Waals surface area contributed by atoms with Crippen molar-refractivity contribution in [1.29, 1.82) is 0 Å². The zero-order chi connectivity index (χ0) is 14.0. The Labute approximate surface area is 112 Å². The average Bonchev–Trinajstić information content (AvgIpc) is 2.90. The molecule has 7 nitrogen and oxygen atoms in total. The SMILES string of the molecule is CCn1c(SCc2cc(C(=O)O)oc2C)n[nH]c1=O. The van der Waals surface area contributed by atoms with Crippen LogP contribution in [0.3, 0.4) is 0 Å². The number of aryl methyl sites for hydroxylation is 1. The molecule has 2 heterocycles. The fourth-order valence-corrected chi connectivity index (χ4v) is 2.65. The van der Waals surface area contributed by atoms with Gasteiger partial charge in [0.25, 0.3) is 0 Å². The van der Waals surface area contributed by atoms with Gasteiger partial charge in [0, 0.05) is 17.9 Å². The molecule has 0 aliphatic heterocycles. The van der Waals surface area contributed by atoms with E-state index in [4.69, 9.17) is 9.52 Å². The number of nitrogens with one attached hydrogen (secondary N) is 1. The minimum Gasteiger partial charge on any atom is -0.475 e. The standard InChI is InChI=1S/C11H13N3O4S/c1-3-14-10(17)12-13-11(14)19-5-7-4-8(9(15)16)18-6(7)2/h4H,3,5H2,1-2H3,(H,12,17)(H,15,16). The summed E-state index contributed by atoms with van der Waals surface area (Å²) < 4.78 is 6.63. The molecule has 0 unspecified atom stereocenters. The Balaban J connectivity index is 2.14. The lowest BCUT2D eigenvalue weighted by atomic mass is 10.3. The number of carbonyl (C=O) groups is 1. The second kappa shape index (κ2) is 5.35. The molecular formula is C11H13N3O4S. The number of aromatic amines is 1. The van der Waals surface area contributed by atoms with E-state index in [1.165, 1.54) is 22.4 Å². The van der Waals surface area contributed by atoms with Gasteiger partial charge in [-0.2, -0.15) is 0 Å². The molecule has 0 radical (unpaired) electrons. The number of furan rings is 1. The van der Waals surface area contributed by atoms with Crippen molar-refractivity contribution < 1.29 is 14.3 Å². The molecule has 2 aromatic rings. The monoisotopic (exact) mass is 283 g/mol. The highest BCUT2D eigenvalue weighted by Gasteiger charge is 2.14. The summed E-state index contributed by atoms with van der Waals surface area (Å²) >= 11 is 1.35. The van der Waals surface area contributed by atoms with Gasteiger partial charge in [-0.15, -0.1) is 5.10 Å². The third-order valence-electron chi connectivity index (χ3n) is 2.63. The van der Waals surface area contributed by atoms with Crippen molar-refractivity contribution in [3.63, 3.8) is 0 Å². The number of aromatic carboxylic acids is 1. The average molecular weight is 283 g/mol. The highest BCUT2D eigenvalue weighted by atomic mass is 32.2. The molecule has 0 bridgehead atoms. The molecule has 0 aliphatic rings. The fourth-order valence-electron chi connectivity index (χ4n) is 1.60.